The van der Waals surface area contributed by atoms with Crippen LogP contribution >= 0.6 is 22.7 Å². The summed E-state index contributed by atoms with van der Waals surface area (Å²) in [5.74, 6) is -2.41. The number of ether oxygens (including phenoxy) is 3. The molecule has 1 aliphatic rings. The number of nitrogens with one attached hydrogen (secondary N) is 2. The molecule has 3 rings (SSSR count). The van der Waals surface area contributed by atoms with Gasteiger partial charge >= 0.3 is 18.1 Å². The molecule has 0 bridgehead atoms. The number of amides is 3. The average Bonchev–Trinajstić information content (AvgIpc) is 3.78. The molecule has 3 heterocycles. The molecular formula is C36H55F3N6O8S2. The molecule has 55 heavy (non-hydrogen) atoms. The number of hydrogen-bond donors (Lipinski definition) is 3. The molecule has 4 atom stereocenters. The lowest BCUT2D eigenvalue weighted by molar-refractivity contribution is -0.149. The number of methoxy groups -OCH3 is 1. The van der Waals surface area contributed by atoms with Crippen molar-refractivity contribution in [1.29, 1.82) is 0 Å². The minimum atomic E-state index is -4.61. The number of thiazole rings is 2. The summed E-state index contributed by atoms with van der Waals surface area (Å²) in [5, 5.41) is 8.69. The predicted octanol–water partition coefficient (Wildman–Crippen LogP) is 4.92. The van der Waals surface area contributed by atoms with Crippen molar-refractivity contribution >= 4 is 52.3 Å². The number of carbonyl (C=O) groups excluding carboxylic acids is 5. The van der Waals surface area contributed by atoms with Gasteiger partial charge in [0.1, 0.15) is 10.7 Å². The number of aromatic nitrogens is 2. The highest BCUT2D eigenvalue weighted by Gasteiger charge is 2.35. The van der Waals surface area contributed by atoms with Gasteiger partial charge in [0.25, 0.3) is 5.91 Å². The van der Waals surface area contributed by atoms with E-state index in [9.17, 15) is 37.1 Å². The quantitative estimate of drug-likeness (QED) is 0.114. The van der Waals surface area contributed by atoms with Gasteiger partial charge in [-0.15, -0.1) is 22.7 Å². The summed E-state index contributed by atoms with van der Waals surface area (Å²) in [5.41, 5.74) is 3.93. The van der Waals surface area contributed by atoms with Gasteiger partial charge < -0.3 is 35.5 Å². The lowest BCUT2D eigenvalue weighted by Crippen LogP contribution is -2.44. The summed E-state index contributed by atoms with van der Waals surface area (Å²) in [6, 6.07) is -1.06. The maximum atomic E-state index is 13.3. The zero-order chi connectivity index (χ0) is 41.3. The average molecular weight is 821 g/mol. The topological polar surface area (TPSA) is 192 Å². The summed E-state index contributed by atoms with van der Waals surface area (Å²) in [4.78, 5) is 70.4. The Morgan fingerprint density at radius 3 is 2.27 bits per heavy atom. The molecule has 19 heteroatoms. The molecule has 0 radical (unpaired) electrons. The second-order valence-corrected chi connectivity index (χ2v) is 15.7. The van der Waals surface area contributed by atoms with Crippen molar-refractivity contribution in [3.05, 3.63) is 32.2 Å². The van der Waals surface area contributed by atoms with Gasteiger partial charge in [0.15, 0.2) is 11.8 Å². The number of esters is 2. The van der Waals surface area contributed by atoms with Crippen LogP contribution in [0.4, 0.5) is 13.2 Å². The molecule has 1 fully saturated rings. The van der Waals surface area contributed by atoms with E-state index in [4.69, 9.17) is 19.9 Å². The van der Waals surface area contributed by atoms with E-state index in [0.717, 1.165) is 53.9 Å². The molecule has 0 spiro atoms. The fraction of sp³-hybridized carbons (Fsp3) is 0.694. The molecule has 3 amide bonds. The Morgan fingerprint density at radius 1 is 1.05 bits per heavy atom. The number of halogens is 3. The van der Waals surface area contributed by atoms with Gasteiger partial charge in [0.2, 0.25) is 11.8 Å². The molecule has 0 aliphatic carbocycles. The summed E-state index contributed by atoms with van der Waals surface area (Å²) in [6.45, 7) is 8.90. The lowest BCUT2D eigenvalue weighted by atomic mass is 9.95. The van der Waals surface area contributed by atoms with E-state index in [2.05, 4.69) is 20.6 Å². The van der Waals surface area contributed by atoms with Crippen LogP contribution in [0.25, 0.3) is 0 Å². The Bertz CT molecular complexity index is 1530. The molecule has 1 saturated heterocycles. The Kier molecular flexibility index (Phi) is 20.2. The normalized spacial score (nSPS) is 15.1. The van der Waals surface area contributed by atoms with E-state index in [1.165, 1.54) is 19.4 Å². The van der Waals surface area contributed by atoms with E-state index in [-0.39, 0.29) is 59.7 Å². The highest BCUT2D eigenvalue weighted by atomic mass is 32.1. The molecule has 2 aromatic rings. The Balaban J connectivity index is 0.000000915. The van der Waals surface area contributed by atoms with Crippen molar-refractivity contribution in [3.63, 3.8) is 0 Å². The first kappa shape index (κ1) is 47.5. The number of nitrogens with two attached hydrogens (primary N) is 1. The van der Waals surface area contributed by atoms with E-state index >= 15 is 0 Å². The first-order chi connectivity index (χ1) is 25.9. The van der Waals surface area contributed by atoms with Crippen molar-refractivity contribution in [3.8, 4) is 0 Å². The third-order valence-electron chi connectivity index (χ3n) is 8.81. The van der Waals surface area contributed by atoms with Crippen LogP contribution in [-0.4, -0.2) is 97.6 Å². The molecular weight excluding hydrogens is 766 g/mol. The lowest BCUT2D eigenvalue weighted by Gasteiger charge is -2.35. The number of rotatable bonds is 21. The van der Waals surface area contributed by atoms with Gasteiger partial charge in [-0.1, -0.05) is 27.2 Å². The zero-order valence-electron chi connectivity index (χ0n) is 32.5. The highest BCUT2D eigenvalue weighted by molar-refractivity contribution is 7.10. The van der Waals surface area contributed by atoms with Gasteiger partial charge in [0.05, 0.1) is 31.2 Å². The van der Waals surface area contributed by atoms with Crippen molar-refractivity contribution in [2.24, 2.45) is 23.5 Å². The first-order valence-corrected chi connectivity index (χ1v) is 19.9. The van der Waals surface area contributed by atoms with Crippen LogP contribution in [0.5, 0.6) is 0 Å². The van der Waals surface area contributed by atoms with Crippen molar-refractivity contribution in [1.82, 2.24) is 25.5 Å². The minimum Gasteiger partial charge on any atom is -0.469 e. The van der Waals surface area contributed by atoms with Crippen molar-refractivity contribution < 1.29 is 51.4 Å². The number of carbonyl (C=O) groups is 5. The summed E-state index contributed by atoms with van der Waals surface area (Å²) < 4.78 is 54.9. The molecule has 2 aromatic heterocycles. The van der Waals surface area contributed by atoms with E-state index < -0.39 is 47.8 Å². The summed E-state index contributed by atoms with van der Waals surface area (Å²) >= 11 is 1.91. The third-order valence-corrected chi connectivity index (χ3v) is 10.6. The Morgan fingerprint density at radius 2 is 1.75 bits per heavy atom. The molecule has 310 valence electrons. The van der Waals surface area contributed by atoms with Crippen LogP contribution in [-0.2, 0) is 46.0 Å². The SMILES string of the molecule is CNCCCCCC(N)=O.COC(=O)C(C)CC(Cc1nc(C(F)(F)F)cs1)NC(=O)c1csc(C(CC(C(C)C)N(C)C(=O)CC2COC2)OC(C)=O)n1. The maximum Gasteiger partial charge on any atom is 0.434 e. The smallest absolute Gasteiger partial charge is 0.434 e. The zero-order valence-corrected chi connectivity index (χ0v) is 34.2. The third kappa shape index (κ3) is 16.9. The Labute approximate surface area is 328 Å². The van der Waals surface area contributed by atoms with Crippen LogP contribution in [0.1, 0.15) is 105 Å². The van der Waals surface area contributed by atoms with E-state index in [1.54, 1.807) is 18.9 Å². The van der Waals surface area contributed by atoms with Crippen molar-refractivity contribution in [2.75, 3.05) is 41.0 Å². The number of nitrogens with zero attached hydrogens (tertiary/aromatic N) is 3. The fourth-order valence-electron chi connectivity index (χ4n) is 5.71. The number of unbranched alkanes of at least 4 members (excludes halogenated alkanes) is 2. The summed E-state index contributed by atoms with van der Waals surface area (Å²) in [7, 11) is 4.86. The van der Waals surface area contributed by atoms with Gasteiger partial charge in [-0.05, 0) is 38.8 Å². The summed E-state index contributed by atoms with van der Waals surface area (Å²) in [6.07, 6.45) is -1.14. The van der Waals surface area contributed by atoms with Crippen LogP contribution < -0.4 is 16.4 Å². The minimum absolute atomic E-state index is 0.00787. The molecule has 0 saturated carbocycles. The van der Waals surface area contributed by atoms with Crippen LogP contribution in [0.15, 0.2) is 10.8 Å². The maximum absolute atomic E-state index is 13.3. The number of hydrogen-bond acceptors (Lipinski definition) is 13. The Hall–Kier alpha value is -3.68. The second kappa shape index (κ2) is 23.4. The van der Waals surface area contributed by atoms with Crippen LogP contribution in [0.2, 0.25) is 0 Å². The molecule has 1 aliphatic heterocycles. The second-order valence-electron chi connectivity index (χ2n) is 13.9. The molecule has 4 N–H and O–H groups in total. The molecule has 0 aromatic carbocycles. The van der Waals surface area contributed by atoms with Gasteiger partial charge in [-0.25, -0.2) is 9.97 Å². The van der Waals surface area contributed by atoms with Gasteiger partial charge in [-0.2, -0.15) is 13.2 Å². The predicted molar refractivity (Wildman–Crippen MR) is 201 cm³/mol. The van der Waals surface area contributed by atoms with E-state index in [1.807, 2.05) is 20.9 Å². The number of primary amides is 1. The van der Waals surface area contributed by atoms with Gasteiger partial charge in [0, 0.05) is 68.4 Å². The largest absolute Gasteiger partial charge is 0.469 e. The van der Waals surface area contributed by atoms with Crippen LogP contribution in [0.3, 0.4) is 0 Å². The first-order valence-electron chi connectivity index (χ1n) is 18.1. The molecule has 4 unspecified atom stereocenters. The standard InChI is InChI=1S/C29H39F3N4O7S2.C7H16N2O/c1-15(2)21(36(5)25(38)8-18-11-42-12-18)10-22(43-17(4)37)27-34-20(13-45-27)26(39)33-19(7-16(3)28(40)41-6)9-24-35-23(14-44-24)29(30,31)32;1-9-6-4-2-3-5-7(8)10/h13-16,18-19,21-22H,7-12H2,1-6H3,(H,33,39);9H,2-6H2,1H3,(H2,8,10). The van der Waals surface area contributed by atoms with Crippen LogP contribution in [0, 0.1) is 17.8 Å². The number of alkyl halides is 3. The monoisotopic (exact) mass is 820 g/mol. The van der Waals surface area contributed by atoms with Gasteiger partial charge in [-0.3, -0.25) is 24.0 Å². The highest BCUT2D eigenvalue weighted by Crippen LogP contribution is 2.32. The molecule has 14 nitrogen and oxygen atoms in total. The van der Waals surface area contributed by atoms with Crippen molar-refractivity contribution in [2.45, 2.75) is 103 Å². The fourth-order valence-corrected chi connectivity index (χ4v) is 7.44. The van der Waals surface area contributed by atoms with E-state index in [0.29, 0.717) is 31.1 Å².